The van der Waals surface area contributed by atoms with Crippen LogP contribution in [0.2, 0.25) is 0 Å². The van der Waals surface area contributed by atoms with Crippen molar-refractivity contribution in [1.82, 2.24) is 9.03 Å². The Morgan fingerprint density at radius 1 is 1.33 bits per heavy atom. The SMILES string of the molecule is CCC1CCC(NS(=O)(=O)N(CC)CC)(/C(N)=N/O)CC1. The zero-order chi connectivity index (χ0) is 16.1. The van der Waals surface area contributed by atoms with Crippen molar-refractivity contribution in [2.24, 2.45) is 16.8 Å². The maximum atomic E-state index is 12.5. The van der Waals surface area contributed by atoms with E-state index in [0.29, 0.717) is 31.8 Å². The lowest BCUT2D eigenvalue weighted by Crippen LogP contribution is -2.61. The molecule has 1 aliphatic rings. The fourth-order valence-electron chi connectivity index (χ4n) is 2.96. The highest BCUT2D eigenvalue weighted by Crippen LogP contribution is 2.34. The first kappa shape index (κ1) is 18.2. The Balaban J connectivity index is 3.01. The molecule has 1 rings (SSSR count). The predicted octanol–water partition coefficient (Wildman–Crippen LogP) is 1.25. The average Bonchev–Trinajstić information content (AvgIpc) is 2.47. The molecule has 0 atom stereocenters. The van der Waals surface area contributed by atoms with Crippen LogP contribution in [0.1, 0.15) is 52.9 Å². The summed E-state index contributed by atoms with van der Waals surface area (Å²) in [5, 5.41) is 12.1. The van der Waals surface area contributed by atoms with E-state index >= 15 is 0 Å². The van der Waals surface area contributed by atoms with Gasteiger partial charge in [0, 0.05) is 13.1 Å². The molecule has 7 nitrogen and oxygen atoms in total. The lowest BCUT2D eigenvalue weighted by molar-refractivity contribution is 0.249. The molecule has 8 heteroatoms. The van der Waals surface area contributed by atoms with Crippen LogP contribution in [-0.4, -0.2) is 42.4 Å². The molecule has 0 spiro atoms. The van der Waals surface area contributed by atoms with Crippen LogP contribution >= 0.6 is 0 Å². The van der Waals surface area contributed by atoms with E-state index in [0.717, 1.165) is 19.3 Å². The molecule has 1 aliphatic carbocycles. The maximum absolute atomic E-state index is 12.5. The molecule has 0 heterocycles. The van der Waals surface area contributed by atoms with Crippen LogP contribution < -0.4 is 10.5 Å². The molecule has 0 aromatic heterocycles. The van der Waals surface area contributed by atoms with Gasteiger partial charge in [0.25, 0.3) is 10.2 Å². The monoisotopic (exact) mass is 320 g/mol. The van der Waals surface area contributed by atoms with Crippen LogP contribution in [0.25, 0.3) is 0 Å². The zero-order valence-corrected chi connectivity index (χ0v) is 14.0. The second-order valence-corrected chi connectivity index (χ2v) is 7.28. The Hall–Kier alpha value is -0.860. The number of hydrogen-bond donors (Lipinski definition) is 3. The van der Waals surface area contributed by atoms with Crippen molar-refractivity contribution in [3.05, 3.63) is 0 Å². The number of oxime groups is 1. The molecule has 4 N–H and O–H groups in total. The zero-order valence-electron chi connectivity index (χ0n) is 13.2. The first-order valence-electron chi connectivity index (χ1n) is 7.62. The molecule has 1 fully saturated rings. The van der Waals surface area contributed by atoms with E-state index in [-0.39, 0.29) is 5.84 Å². The number of hydrogen-bond acceptors (Lipinski definition) is 4. The number of amidine groups is 1. The van der Waals surface area contributed by atoms with Crippen molar-refractivity contribution in [1.29, 1.82) is 0 Å². The number of nitrogens with zero attached hydrogens (tertiary/aromatic N) is 2. The van der Waals surface area contributed by atoms with Crippen molar-refractivity contribution in [3.63, 3.8) is 0 Å². The summed E-state index contributed by atoms with van der Waals surface area (Å²) in [5.41, 5.74) is 4.84. The first-order chi connectivity index (χ1) is 9.85. The van der Waals surface area contributed by atoms with Crippen LogP contribution in [0.5, 0.6) is 0 Å². The van der Waals surface area contributed by atoms with E-state index in [9.17, 15) is 8.42 Å². The van der Waals surface area contributed by atoms with Gasteiger partial charge >= 0.3 is 0 Å². The van der Waals surface area contributed by atoms with Gasteiger partial charge in [-0.1, -0.05) is 32.3 Å². The summed E-state index contributed by atoms with van der Waals surface area (Å²) < 4.78 is 28.9. The minimum Gasteiger partial charge on any atom is -0.409 e. The number of rotatable bonds is 7. The topological polar surface area (TPSA) is 108 Å². The highest BCUT2D eigenvalue weighted by molar-refractivity contribution is 7.87. The van der Waals surface area contributed by atoms with Crippen LogP contribution in [-0.2, 0) is 10.2 Å². The third-order valence-corrected chi connectivity index (χ3v) is 6.35. The summed E-state index contributed by atoms with van der Waals surface area (Å²) in [5.74, 6) is 0.523. The van der Waals surface area contributed by atoms with Crippen LogP contribution in [0.15, 0.2) is 5.16 Å². The minimum absolute atomic E-state index is 0.0483. The summed E-state index contributed by atoms with van der Waals surface area (Å²) in [7, 11) is -3.65. The molecular weight excluding hydrogens is 292 g/mol. The van der Waals surface area contributed by atoms with Crippen LogP contribution in [0.4, 0.5) is 0 Å². The van der Waals surface area contributed by atoms with E-state index in [4.69, 9.17) is 10.9 Å². The number of nitrogens with one attached hydrogen (secondary N) is 1. The van der Waals surface area contributed by atoms with Gasteiger partial charge in [-0.05, 0) is 31.6 Å². The molecule has 0 unspecified atom stereocenters. The third kappa shape index (κ3) is 4.08. The van der Waals surface area contributed by atoms with Gasteiger partial charge in [-0.15, -0.1) is 0 Å². The third-order valence-electron chi connectivity index (χ3n) is 4.50. The van der Waals surface area contributed by atoms with E-state index in [2.05, 4.69) is 16.8 Å². The Morgan fingerprint density at radius 2 is 1.86 bits per heavy atom. The second kappa shape index (κ2) is 7.42. The van der Waals surface area contributed by atoms with Gasteiger partial charge in [-0.3, -0.25) is 0 Å². The van der Waals surface area contributed by atoms with Crippen molar-refractivity contribution in [2.75, 3.05) is 13.1 Å². The van der Waals surface area contributed by atoms with E-state index in [1.807, 2.05) is 0 Å². The van der Waals surface area contributed by atoms with Crippen LogP contribution in [0, 0.1) is 5.92 Å². The second-order valence-electron chi connectivity index (χ2n) is 5.61. The molecule has 0 aromatic carbocycles. The maximum Gasteiger partial charge on any atom is 0.280 e. The minimum atomic E-state index is -3.65. The van der Waals surface area contributed by atoms with Crippen molar-refractivity contribution in [2.45, 2.75) is 58.4 Å². The van der Waals surface area contributed by atoms with Gasteiger partial charge in [0.15, 0.2) is 5.84 Å². The molecular formula is C13H28N4O3S. The summed E-state index contributed by atoms with van der Waals surface area (Å²) in [6.07, 6.45) is 3.92. The van der Waals surface area contributed by atoms with Gasteiger partial charge in [0.05, 0.1) is 5.54 Å². The molecule has 0 amide bonds. The van der Waals surface area contributed by atoms with Crippen molar-refractivity contribution >= 4 is 16.0 Å². The van der Waals surface area contributed by atoms with Gasteiger partial charge in [-0.25, -0.2) is 0 Å². The van der Waals surface area contributed by atoms with Gasteiger partial charge < -0.3 is 10.9 Å². The molecule has 1 saturated carbocycles. The lowest BCUT2D eigenvalue weighted by Gasteiger charge is -2.40. The summed E-state index contributed by atoms with van der Waals surface area (Å²) in [6.45, 7) is 6.46. The van der Waals surface area contributed by atoms with Crippen molar-refractivity contribution in [3.8, 4) is 0 Å². The predicted molar refractivity (Wildman–Crippen MR) is 83.4 cm³/mol. The average molecular weight is 320 g/mol. The molecule has 0 radical (unpaired) electrons. The van der Waals surface area contributed by atoms with Crippen molar-refractivity contribution < 1.29 is 13.6 Å². The fourth-order valence-corrected chi connectivity index (χ4v) is 4.57. The standard InChI is InChI=1S/C13H28N4O3S/c1-4-11-7-9-13(10-8-11,12(14)15-18)16-21(19,20)17(5-2)6-3/h11,16,18H,4-10H2,1-3H3,(H2,14,15). The van der Waals surface area contributed by atoms with Gasteiger partial charge in [0.2, 0.25) is 0 Å². The lowest BCUT2D eigenvalue weighted by atomic mass is 9.75. The smallest absolute Gasteiger partial charge is 0.280 e. The van der Waals surface area contributed by atoms with E-state index in [1.54, 1.807) is 13.8 Å². The highest BCUT2D eigenvalue weighted by atomic mass is 32.2. The van der Waals surface area contributed by atoms with Gasteiger partial charge in [-0.2, -0.15) is 17.4 Å². The highest BCUT2D eigenvalue weighted by Gasteiger charge is 2.43. The Kier molecular flexibility index (Phi) is 6.42. The molecule has 0 aliphatic heterocycles. The normalized spacial score (nSPS) is 28.0. The summed E-state index contributed by atoms with van der Waals surface area (Å²) in [6, 6.07) is 0. The molecule has 0 saturated heterocycles. The van der Waals surface area contributed by atoms with Gasteiger partial charge in [0.1, 0.15) is 0 Å². The van der Waals surface area contributed by atoms with E-state index in [1.165, 1.54) is 4.31 Å². The summed E-state index contributed by atoms with van der Waals surface area (Å²) in [4.78, 5) is 0. The molecule has 0 aromatic rings. The molecule has 21 heavy (non-hydrogen) atoms. The summed E-state index contributed by atoms with van der Waals surface area (Å²) >= 11 is 0. The van der Waals surface area contributed by atoms with Crippen LogP contribution in [0.3, 0.4) is 0 Å². The molecule has 0 bridgehead atoms. The van der Waals surface area contributed by atoms with E-state index < -0.39 is 15.7 Å². The molecule has 124 valence electrons. The number of nitrogens with two attached hydrogens (primary N) is 1. The Bertz CT molecular complexity index is 452. The first-order valence-corrected chi connectivity index (χ1v) is 9.06. The fraction of sp³-hybridized carbons (Fsp3) is 0.923. The Morgan fingerprint density at radius 3 is 2.24 bits per heavy atom. The Labute approximate surface area is 127 Å². The quantitative estimate of drug-likeness (QED) is 0.284. The largest absolute Gasteiger partial charge is 0.409 e.